The molecule has 3 nitrogen and oxygen atoms in total. The van der Waals surface area contributed by atoms with E-state index in [2.05, 4.69) is 59.8 Å². The Bertz CT molecular complexity index is 890. The summed E-state index contributed by atoms with van der Waals surface area (Å²) < 4.78 is 0. The highest BCUT2D eigenvalue weighted by molar-refractivity contribution is 5.69. The zero-order valence-corrected chi connectivity index (χ0v) is 21.2. The minimum Gasteiger partial charge on any atom is -0.306 e. The second kappa shape index (κ2) is 13.5. The maximum absolute atomic E-state index is 7.35. The molecule has 0 atom stereocenters. The SMILES string of the molecule is [C-]#[N+]c1cccc(-c2cc(C)cc(CN(CCCCCCCC)CC3CCN(C)CC3)c2)c1. The Kier molecular flexibility index (Phi) is 10.4. The molecule has 178 valence electrons. The van der Waals surface area contributed by atoms with Crippen LogP contribution in [-0.4, -0.2) is 43.0 Å². The lowest BCUT2D eigenvalue weighted by atomic mass is 9.95. The summed E-state index contributed by atoms with van der Waals surface area (Å²) >= 11 is 0. The fourth-order valence-electron chi connectivity index (χ4n) is 5.09. The van der Waals surface area contributed by atoms with Crippen molar-refractivity contribution in [1.29, 1.82) is 0 Å². The number of piperidine rings is 1. The third-order valence-electron chi connectivity index (χ3n) is 7.03. The van der Waals surface area contributed by atoms with Gasteiger partial charge in [0.2, 0.25) is 0 Å². The molecule has 0 unspecified atom stereocenters. The Morgan fingerprint density at radius 2 is 1.73 bits per heavy atom. The van der Waals surface area contributed by atoms with Gasteiger partial charge in [-0.1, -0.05) is 74.9 Å². The van der Waals surface area contributed by atoms with Gasteiger partial charge in [0.1, 0.15) is 0 Å². The summed E-state index contributed by atoms with van der Waals surface area (Å²) in [6.07, 6.45) is 10.8. The lowest BCUT2D eigenvalue weighted by Crippen LogP contribution is -2.37. The summed E-state index contributed by atoms with van der Waals surface area (Å²) in [6.45, 7) is 17.8. The highest BCUT2D eigenvalue weighted by atomic mass is 15.1. The van der Waals surface area contributed by atoms with E-state index >= 15 is 0 Å². The van der Waals surface area contributed by atoms with Gasteiger partial charge in [0.25, 0.3) is 0 Å². The molecule has 0 radical (unpaired) electrons. The molecule has 0 bridgehead atoms. The Morgan fingerprint density at radius 3 is 2.48 bits per heavy atom. The molecular formula is C30H43N3. The van der Waals surface area contributed by atoms with Gasteiger partial charge in [-0.25, -0.2) is 4.85 Å². The molecule has 0 spiro atoms. The number of nitrogens with zero attached hydrogens (tertiary/aromatic N) is 3. The summed E-state index contributed by atoms with van der Waals surface area (Å²) in [5.41, 5.74) is 5.79. The fraction of sp³-hybridized carbons (Fsp3) is 0.567. The van der Waals surface area contributed by atoms with Gasteiger partial charge in [-0.2, -0.15) is 0 Å². The third-order valence-corrected chi connectivity index (χ3v) is 7.03. The number of likely N-dealkylation sites (tertiary alicyclic amines) is 1. The van der Waals surface area contributed by atoms with E-state index in [4.69, 9.17) is 6.57 Å². The van der Waals surface area contributed by atoms with Gasteiger partial charge in [-0.3, -0.25) is 4.90 Å². The maximum atomic E-state index is 7.35. The fourth-order valence-corrected chi connectivity index (χ4v) is 5.09. The van der Waals surface area contributed by atoms with Crippen molar-refractivity contribution in [3.05, 3.63) is 65.0 Å². The minimum absolute atomic E-state index is 0.711. The largest absolute Gasteiger partial charge is 0.306 e. The lowest BCUT2D eigenvalue weighted by molar-refractivity contribution is 0.154. The Hall–Kier alpha value is -2.15. The number of hydrogen-bond acceptors (Lipinski definition) is 2. The third kappa shape index (κ3) is 8.61. The van der Waals surface area contributed by atoms with Crippen LogP contribution in [0, 0.1) is 19.4 Å². The molecule has 1 heterocycles. The van der Waals surface area contributed by atoms with Gasteiger partial charge < -0.3 is 4.90 Å². The number of hydrogen-bond donors (Lipinski definition) is 0. The van der Waals surface area contributed by atoms with Crippen LogP contribution >= 0.6 is 0 Å². The van der Waals surface area contributed by atoms with Crippen molar-refractivity contribution < 1.29 is 0 Å². The summed E-state index contributed by atoms with van der Waals surface area (Å²) in [7, 11) is 2.25. The molecule has 2 aromatic carbocycles. The van der Waals surface area contributed by atoms with Crippen LogP contribution in [0.5, 0.6) is 0 Å². The van der Waals surface area contributed by atoms with E-state index in [1.165, 1.54) is 94.2 Å². The van der Waals surface area contributed by atoms with Crippen molar-refractivity contribution in [2.24, 2.45) is 5.92 Å². The van der Waals surface area contributed by atoms with Gasteiger partial charge in [-0.05, 0) is 87.6 Å². The normalized spacial score (nSPS) is 15.1. The predicted molar refractivity (Wildman–Crippen MR) is 142 cm³/mol. The zero-order chi connectivity index (χ0) is 23.5. The van der Waals surface area contributed by atoms with Crippen molar-refractivity contribution in [2.45, 2.75) is 71.8 Å². The van der Waals surface area contributed by atoms with Crippen LogP contribution in [-0.2, 0) is 6.54 Å². The molecule has 3 rings (SSSR count). The van der Waals surface area contributed by atoms with E-state index in [1.807, 2.05) is 18.2 Å². The quantitative estimate of drug-likeness (QED) is 0.245. The van der Waals surface area contributed by atoms with Gasteiger partial charge in [0.15, 0.2) is 5.69 Å². The van der Waals surface area contributed by atoms with Crippen LogP contribution in [0.1, 0.15) is 69.4 Å². The molecule has 0 amide bonds. The first kappa shape index (κ1) is 25.5. The molecule has 2 aromatic rings. The monoisotopic (exact) mass is 445 g/mol. The van der Waals surface area contributed by atoms with E-state index in [1.54, 1.807) is 0 Å². The van der Waals surface area contributed by atoms with Crippen molar-refractivity contribution >= 4 is 5.69 Å². The topological polar surface area (TPSA) is 10.8 Å². The Balaban J connectivity index is 1.69. The number of rotatable bonds is 12. The lowest BCUT2D eigenvalue weighted by Gasteiger charge is -2.33. The van der Waals surface area contributed by atoms with Gasteiger partial charge >= 0.3 is 0 Å². The second-order valence-electron chi connectivity index (χ2n) is 10.1. The molecular weight excluding hydrogens is 402 g/mol. The second-order valence-corrected chi connectivity index (χ2v) is 10.1. The minimum atomic E-state index is 0.711. The van der Waals surface area contributed by atoms with E-state index in [0.29, 0.717) is 5.69 Å². The molecule has 1 aliphatic rings. The first-order valence-corrected chi connectivity index (χ1v) is 13.1. The van der Waals surface area contributed by atoms with E-state index in [-0.39, 0.29) is 0 Å². The van der Waals surface area contributed by atoms with Gasteiger partial charge in [-0.15, -0.1) is 0 Å². The van der Waals surface area contributed by atoms with Crippen LogP contribution in [0.15, 0.2) is 42.5 Å². The molecule has 1 saturated heterocycles. The summed E-state index contributed by atoms with van der Waals surface area (Å²) in [6, 6.07) is 15.0. The van der Waals surface area contributed by atoms with Crippen molar-refractivity contribution in [2.75, 3.05) is 33.2 Å². The van der Waals surface area contributed by atoms with E-state index < -0.39 is 0 Å². The summed E-state index contributed by atoms with van der Waals surface area (Å²) in [5, 5.41) is 0. The molecule has 1 aliphatic heterocycles. The van der Waals surface area contributed by atoms with Crippen LogP contribution in [0.3, 0.4) is 0 Å². The highest BCUT2D eigenvalue weighted by Crippen LogP contribution is 2.27. The average molecular weight is 446 g/mol. The standard InChI is InChI=1S/C30H43N3/c1-5-6-7-8-9-10-16-33(23-26-14-17-32(4)18-15-26)24-27-19-25(2)20-29(21-27)28-12-11-13-30(22-28)31-3/h11-13,19-22,26H,5-10,14-18,23-24H2,1-2,4H3. The van der Waals surface area contributed by atoms with Gasteiger partial charge in [0, 0.05) is 13.1 Å². The average Bonchev–Trinajstić information content (AvgIpc) is 2.82. The zero-order valence-electron chi connectivity index (χ0n) is 21.2. The molecule has 0 aliphatic carbocycles. The number of aryl methyl sites for hydroxylation is 1. The Morgan fingerprint density at radius 1 is 0.970 bits per heavy atom. The smallest absolute Gasteiger partial charge is 0.187 e. The van der Waals surface area contributed by atoms with Crippen molar-refractivity contribution in [3.8, 4) is 11.1 Å². The molecule has 3 heteroatoms. The van der Waals surface area contributed by atoms with E-state index in [0.717, 1.165) is 18.0 Å². The highest BCUT2D eigenvalue weighted by Gasteiger charge is 2.20. The summed E-state index contributed by atoms with van der Waals surface area (Å²) in [4.78, 5) is 8.82. The molecule has 33 heavy (non-hydrogen) atoms. The first-order valence-electron chi connectivity index (χ1n) is 13.1. The Labute approximate surface area is 202 Å². The van der Waals surface area contributed by atoms with Crippen LogP contribution in [0.25, 0.3) is 16.0 Å². The van der Waals surface area contributed by atoms with Gasteiger partial charge in [0.05, 0.1) is 6.57 Å². The number of benzene rings is 2. The molecule has 0 N–H and O–H groups in total. The molecule has 0 aromatic heterocycles. The predicted octanol–water partition coefficient (Wildman–Crippen LogP) is 7.72. The maximum Gasteiger partial charge on any atom is 0.187 e. The van der Waals surface area contributed by atoms with Crippen molar-refractivity contribution in [3.63, 3.8) is 0 Å². The van der Waals surface area contributed by atoms with Crippen LogP contribution < -0.4 is 0 Å². The molecule has 0 saturated carbocycles. The number of unbranched alkanes of at least 4 members (excludes halogenated alkanes) is 5. The molecule has 1 fully saturated rings. The first-order chi connectivity index (χ1) is 16.1. The summed E-state index contributed by atoms with van der Waals surface area (Å²) in [5.74, 6) is 0.820. The van der Waals surface area contributed by atoms with Crippen LogP contribution in [0.2, 0.25) is 0 Å². The van der Waals surface area contributed by atoms with Crippen molar-refractivity contribution in [1.82, 2.24) is 9.80 Å². The van der Waals surface area contributed by atoms with E-state index in [9.17, 15) is 0 Å². The van der Waals surface area contributed by atoms with Crippen LogP contribution in [0.4, 0.5) is 5.69 Å².